The van der Waals surface area contributed by atoms with Crippen LogP contribution in [0.3, 0.4) is 0 Å². The van der Waals surface area contributed by atoms with E-state index in [4.69, 9.17) is 0 Å². The lowest BCUT2D eigenvalue weighted by molar-refractivity contribution is 0.485. The van der Waals surface area contributed by atoms with Crippen molar-refractivity contribution in [3.05, 3.63) is 51.2 Å². The summed E-state index contributed by atoms with van der Waals surface area (Å²) >= 11 is 1.91. The van der Waals surface area contributed by atoms with Crippen LogP contribution in [-0.2, 0) is 13.0 Å². The molecular formula is C17H22N2S. The number of hydrogen-bond acceptors (Lipinski definition) is 3. The predicted octanol–water partition coefficient (Wildman–Crippen LogP) is 3.74. The van der Waals surface area contributed by atoms with E-state index in [9.17, 15) is 0 Å². The van der Waals surface area contributed by atoms with Crippen molar-refractivity contribution >= 4 is 17.0 Å². The molecule has 0 bridgehead atoms. The van der Waals surface area contributed by atoms with Gasteiger partial charge in [0.15, 0.2) is 0 Å². The molecule has 0 spiro atoms. The molecule has 20 heavy (non-hydrogen) atoms. The van der Waals surface area contributed by atoms with E-state index in [0.29, 0.717) is 5.92 Å². The van der Waals surface area contributed by atoms with E-state index < -0.39 is 0 Å². The third-order valence-electron chi connectivity index (χ3n) is 4.06. The van der Waals surface area contributed by atoms with Crippen molar-refractivity contribution < 1.29 is 0 Å². The summed E-state index contributed by atoms with van der Waals surface area (Å²) in [5.74, 6) is 0.687. The Bertz CT molecular complexity index is 569. The standard InChI is InChI=1S/C17H22N2S/c1-12-7-16(20-13(12)2)11-18-9-14-8-15-5-3-4-6-17(15)19-10-14/h3-7,14,18-19H,8-11H2,1-2H3. The van der Waals surface area contributed by atoms with Crippen LogP contribution in [0.5, 0.6) is 0 Å². The fraction of sp³-hybridized carbons (Fsp3) is 0.412. The Labute approximate surface area is 125 Å². The summed E-state index contributed by atoms with van der Waals surface area (Å²) < 4.78 is 0. The molecule has 106 valence electrons. The van der Waals surface area contributed by atoms with E-state index in [1.165, 1.54) is 33.0 Å². The number of thiophene rings is 1. The van der Waals surface area contributed by atoms with Crippen molar-refractivity contribution in [3.63, 3.8) is 0 Å². The van der Waals surface area contributed by atoms with Crippen molar-refractivity contribution in [3.8, 4) is 0 Å². The maximum absolute atomic E-state index is 3.61. The van der Waals surface area contributed by atoms with Crippen LogP contribution in [0.4, 0.5) is 5.69 Å². The smallest absolute Gasteiger partial charge is 0.0372 e. The average Bonchev–Trinajstić information content (AvgIpc) is 2.77. The molecule has 0 fully saturated rings. The van der Waals surface area contributed by atoms with Crippen LogP contribution in [0.1, 0.15) is 20.9 Å². The van der Waals surface area contributed by atoms with Gasteiger partial charge in [0.2, 0.25) is 0 Å². The molecule has 1 aliphatic heterocycles. The molecule has 1 unspecified atom stereocenters. The Kier molecular flexibility index (Phi) is 4.08. The molecule has 1 aliphatic rings. The fourth-order valence-electron chi connectivity index (χ4n) is 2.79. The molecule has 1 aromatic heterocycles. The van der Waals surface area contributed by atoms with Crippen LogP contribution in [0.2, 0.25) is 0 Å². The number of rotatable bonds is 4. The van der Waals surface area contributed by atoms with Crippen molar-refractivity contribution in [2.24, 2.45) is 5.92 Å². The maximum Gasteiger partial charge on any atom is 0.0372 e. The number of aryl methyl sites for hydroxylation is 2. The molecule has 0 saturated heterocycles. The Morgan fingerprint density at radius 2 is 2.15 bits per heavy atom. The largest absolute Gasteiger partial charge is 0.384 e. The zero-order chi connectivity index (χ0) is 13.9. The summed E-state index contributed by atoms with van der Waals surface area (Å²) in [4.78, 5) is 2.89. The highest BCUT2D eigenvalue weighted by atomic mass is 32.1. The van der Waals surface area contributed by atoms with Crippen molar-refractivity contribution in [2.45, 2.75) is 26.8 Å². The minimum absolute atomic E-state index is 0.687. The summed E-state index contributed by atoms with van der Waals surface area (Å²) in [5.41, 5.74) is 4.18. The number of para-hydroxylation sites is 1. The van der Waals surface area contributed by atoms with Gasteiger partial charge in [-0.2, -0.15) is 0 Å². The fourth-order valence-corrected chi connectivity index (χ4v) is 3.81. The Morgan fingerprint density at radius 3 is 2.95 bits per heavy atom. The lowest BCUT2D eigenvalue weighted by Crippen LogP contribution is -2.32. The second-order valence-electron chi connectivity index (χ2n) is 5.69. The topological polar surface area (TPSA) is 24.1 Å². The molecule has 2 nitrogen and oxygen atoms in total. The monoisotopic (exact) mass is 286 g/mol. The van der Waals surface area contributed by atoms with Crippen LogP contribution in [0, 0.1) is 19.8 Å². The van der Waals surface area contributed by atoms with Gasteiger partial charge in [0.05, 0.1) is 0 Å². The summed E-state index contributed by atoms with van der Waals surface area (Å²) in [5, 5.41) is 7.15. The first-order valence-corrected chi connectivity index (χ1v) is 8.12. The van der Waals surface area contributed by atoms with Crippen molar-refractivity contribution in [2.75, 3.05) is 18.4 Å². The van der Waals surface area contributed by atoms with E-state index in [1.807, 2.05) is 11.3 Å². The molecule has 0 aliphatic carbocycles. The zero-order valence-electron chi connectivity index (χ0n) is 12.2. The molecule has 0 amide bonds. The molecule has 0 saturated carbocycles. The lowest BCUT2D eigenvalue weighted by atomic mass is 9.94. The van der Waals surface area contributed by atoms with Gasteiger partial charge in [-0.15, -0.1) is 11.3 Å². The molecule has 2 aromatic rings. The summed E-state index contributed by atoms with van der Waals surface area (Å²) in [6.07, 6.45) is 1.18. The SMILES string of the molecule is Cc1cc(CNCC2CNc3ccccc3C2)sc1C. The highest BCUT2D eigenvalue weighted by molar-refractivity contribution is 7.12. The van der Waals surface area contributed by atoms with Crippen molar-refractivity contribution in [1.82, 2.24) is 5.32 Å². The van der Waals surface area contributed by atoms with E-state index in [0.717, 1.165) is 19.6 Å². The zero-order valence-corrected chi connectivity index (χ0v) is 13.0. The average molecular weight is 286 g/mol. The maximum atomic E-state index is 3.61. The van der Waals surface area contributed by atoms with Gasteiger partial charge in [-0.25, -0.2) is 0 Å². The molecule has 3 rings (SSSR count). The van der Waals surface area contributed by atoms with Crippen LogP contribution >= 0.6 is 11.3 Å². The highest BCUT2D eigenvalue weighted by Gasteiger charge is 2.17. The Morgan fingerprint density at radius 1 is 1.30 bits per heavy atom. The molecule has 1 aromatic carbocycles. The summed E-state index contributed by atoms with van der Waals surface area (Å²) in [7, 11) is 0. The Balaban J connectivity index is 1.50. The molecule has 1 atom stereocenters. The summed E-state index contributed by atoms with van der Waals surface area (Å²) in [6.45, 7) is 7.55. The number of anilines is 1. The van der Waals surface area contributed by atoms with Crippen LogP contribution < -0.4 is 10.6 Å². The lowest BCUT2D eigenvalue weighted by Gasteiger charge is -2.26. The second-order valence-corrected chi connectivity index (χ2v) is 7.03. The molecule has 0 radical (unpaired) electrons. The predicted molar refractivity (Wildman–Crippen MR) is 87.6 cm³/mol. The second kappa shape index (κ2) is 5.98. The summed E-state index contributed by atoms with van der Waals surface area (Å²) in [6, 6.07) is 11.0. The van der Waals surface area contributed by atoms with Gasteiger partial charge in [-0.1, -0.05) is 18.2 Å². The van der Waals surface area contributed by atoms with E-state index in [1.54, 1.807) is 0 Å². The van der Waals surface area contributed by atoms with Crippen molar-refractivity contribution in [1.29, 1.82) is 0 Å². The molecule has 2 N–H and O–H groups in total. The van der Waals surface area contributed by atoms with Gasteiger partial charge >= 0.3 is 0 Å². The Hall–Kier alpha value is -1.32. The highest BCUT2D eigenvalue weighted by Crippen LogP contribution is 2.24. The van der Waals surface area contributed by atoms with Gasteiger partial charge in [0.1, 0.15) is 0 Å². The number of hydrogen-bond donors (Lipinski definition) is 2. The van der Waals surface area contributed by atoms with Crippen LogP contribution in [0.25, 0.3) is 0 Å². The van der Waals surface area contributed by atoms with E-state index in [2.05, 4.69) is 54.8 Å². The molecule has 2 heterocycles. The third kappa shape index (κ3) is 3.05. The molecule has 3 heteroatoms. The first-order chi connectivity index (χ1) is 9.72. The van der Waals surface area contributed by atoms with Gasteiger partial charge in [0, 0.05) is 35.1 Å². The number of benzene rings is 1. The van der Waals surface area contributed by atoms with E-state index >= 15 is 0 Å². The van der Waals surface area contributed by atoms with Gasteiger partial charge < -0.3 is 10.6 Å². The third-order valence-corrected chi connectivity index (χ3v) is 5.21. The first-order valence-electron chi connectivity index (χ1n) is 7.31. The number of nitrogens with one attached hydrogen (secondary N) is 2. The van der Waals surface area contributed by atoms with Gasteiger partial charge in [-0.3, -0.25) is 0 Å². The number of fused-ring (bicyclic) bond motifs is 1. The van der Waals surface area contributed by atoms with Gasteiger partial charge in [-0.05, 0) is 49.4 Å². The van der Waals surface area contributed by atoms with Crippen LogP contribution in [0.15, 0.2) is 30.3 Å². The molecular weight excluding hydrogens is 264 g/mol. The first kappa shape index (κ1) is 13.7. The minimum atomic E-state index is 0.687. The normalized spacial score (nSPS) is 17.6. The van der Waals surface area contributed by atoms with Crippen LogP contribution in [-0.4, -0.2) is 13.1 Å². The van der Waals surface area contributed by atoms with Gasteiger partial charge in [0.25, 0.3) is 0 Å². The minimum Gasteiger partial charge on any atom is -0.384 e. The van der Waals surface area contributed by atoms with E-state index in [-0.39, 0.29) is 0 Å². The quantitative estimate of drug-likeness (QED) is 0.894.